The number of guanidine groups is 1. The van der Waals surface area contributed by atoms with Crippen molar-refractivity contribution in [1.82, 2.24) is 10.6 Å². The lowest BCUT2D eigenvalue weighted by atomic mass is 9.96. The van der Waals surface area contributed by atoms with Gasteiger partial charge in [-0.25, -0.2) is 0 Å². The lowest BCUT2D eigenvalue weighted by molar-refractivity contribution is -0.117. The van der Waals surface area contributed by atoms with Crippen LogP contribution in [-0.4, -0.2) is 32.0 Å². The normalized spacial score (nSPS) is 17.4. The van der Waals surface area contributed by atoms with E-state index >= 15 is 0 Å². The minimum Gasteiger partial charge on any atom is -0.356 e. The molecule has 0 aromatic heterocycles. The molecule has 1 saturated heterocycles. The van der Waals surface area contributed by atoms with E-state index in [2.05, 4.69) is 58.1 Å². The molecule has 0 atom stereocenters. The molecule has 2 aliphatic rings. The summed E-state index contributed by atoms with van der Waals surface area (Å²) in [6.45, 7) is 2.48. The number of aliphatic imine (C=N–C) groups is 1. The average Bonchev–Trinajstić information content (AvgIpc) is 3.38. The Morgan fingerprint density at radius 2 is 1.77 bits per heavy atom. The van der Waals surface area contributed by atoms with Crippen molar-refractivity contribution < 1.29 is 4.79 Å². The number of carbonyl (C=O) groups excluding carboxylic acids is 1. The number of hydrogen-bond acceptors (Lipinski definition) is 2. The molecule has 0 spiro atoms. The van der Waals surface area contributed by atoms with E-state index in [0.717, 1.165) is 37.6 Å². The number of amides is 1. The molecule has 0 unspecified atom stereocenters. The molecule has 2 aromatic carbocycles. The summed E-state index contributed by atoms with van der Waals surface area (Å²) >= 11 is 0. The van der Waals surface area contributed by atoms with Crippen molar-refractivity contribution >= 4 is 41.5 Å². The van der Waals surface area contributed by atoms with Crippen molar-refractivity contribution in [2.24, 2.45) is 10.4 Å². The molecule has 1 aliphatic heterocycles. The first kappa shape index (κ1) is 22.6. The van der Waals surface area contributed by atoms with Gasteiger partial charge in [-0.05, 0) is 54.4 Å². The largest absolute Gasteiger partial charge is 0.356 e. The fourth-order valence-electron chi connectivity index (χ4n) is 4.01. The number of benzene rings is 2. The summed E-state index contributed by atoms with van der Waals surface area (Å²) in [6.07, 6.45) is 5.27. The number of hydrogen-bond donors (Lipinski definition) is 2. The van der Waals surface area contributed by atoms with Gasteiger partial charge in [0.1, 0.15) is 0 Å². The second kappa shape index (κ2) is 10.3. The van der Waals surface area contributed by atoms with E-state index in [-0.39, 0.29) is 29.9 Å². The van der Waals surface area contributed by atoms with Gasteiger partial charge in [0.25, 0.3) is 0 Å². The van der Waals surface area contributed by atoms with Gasteiger partial charge in [-0.2, -0.15) is 0 Å². The summed E-state index contributed by atoms with van der Waals surface area (Å²) in [5, 5.41) is 6.92. The van der Waals surface area contributed by atoms with Gasteiger partial charge in [0.15, 0.2) is 5.96 Å². The van der Waals surface area contributed by atoms with E-state index in [1.165, 1.54) is 24.0 Å². The standard InChI is InChI=1S/C24H30N4O.HI/c1-25-23(27-18-24(13-14-24)16-19-6-3-2-4-7-19)26-17-20-9-11-21(12-10-20)28-15-5-8-22(28)29;/h2-4,6-7,9-12H,5,8,13-18H2,1H3,(H2,25,26,27);1H. The first-order chi connectivity index (χ1) is 14.2. The van der Waals surface area contributed by atoms with Crippen molar-refractivity contribution in [2.45, 2.75) is 38.6 Å². The molecule has 4 rings (SSSR count). The molecule has 1 amide bonds. The molecule has 0 bridgehead atoms. The van der Waals surface area contributed by atoms with Crippen molar-refractivity contribution in [3.8, 4) is 0 Å². The van der Waals surface area contributed by atoms with Crippen LogP contribution in [0.4, 0.5) is 5.69 Å². The molecule has 1 saturated carbocycles. The van der Waals surface area contributed by atoms with Crippen molar-refractivity contribution in [2.75, 3.05) is 25.0 Å². The van der Waals surface area contributed by atoms with Crippen LogP contribution in [0.2, 0.25) is 0 Å². The summed E-state index contributed by atoms with van der Waals surface area (Å²) < 4.78 is 0. The van der Waals surface area contributed by atoms with Gasteiger partial charge in [-0.3, -0.25) is 9.79 Å². The summed E-state index contributed by atoms with van der Waals surface area (Å²) in [5.74, 6) is 1.06. The van der Waals surface area contributed by atoms with Gasteiger partial charge in [0.05, 0.1) is 0 Å². The van der Waals surface area contributed by atoms with Gasteiger partial charge >= 0.3 is 0 Å². The average molecular weight is 518 g/mol. The Kier molecular flexibility index (Phi) is 7.75. The predicted molar refractivity (Wildman–Crippen MR) is 133 cm³/mol. The molecule has 30 heavy (non-hydrogen) atoms. The van der Waals surface area contributed by atoms with Crippen LogP contribution in [0, 0.1) is 5.41 Å². The van der Waals surface area contributed by atoms with Crippen LogP contribution < -0.4 is 15.5 Å². The van der Waals surface area contributed by atoms with Crippen LogP contribution in [0.25, 0.3) is 0 Å². The fourth-order valence-corrected chi connectivity index (χ4v) is 4.01. The van der Waals surface area contributed by atoms with Gasteiger partial charge in [0.2, 0.25) is 5.91 Å². The molecule has 2 aromatic rings. The quantitative estimate of drug-likeness (QED) is 0.330. The number of carbonyl (C=O) groups is 1. The molecule has 2 N–H and O–H groups in total. The second-order valence-corrected chi connectivity index (χ2v) is 8.26. The maximum Gasteiger partial charge on any atom is 0.227 e. The highest BCUT2D eigenvalue weighted by atomic mass is 127. The van der Waals surface area contributed by atoms with Crippen LogP contribution in [0.15, 0.2) is 59.6 Å². The lowest BCUT2D eigenvalue weighted by Crippen LogP contribution is -2.40. The molecule has 160 valence electrons. The Bertz CT molecular complexity index is 863. The van der Waals surface area contributed by atoms with Crippen LogP contribution >= 0.6 is 24.0 Å². The number of halogens is 1. The zero-order valence-corrected chi connectivity index (χ0v) is 19.9. The lowest BCUT2D eigenvalue weighted by Gasteiger charge is -2.19. The molecule has 1 aliphatic carbocycles. The number of anilines is 1. The summed E-state index contributed by atoms with van der Waals surface area (Å²) in [7, 11) is 1.81. The maximum atomic E-state index is 11.9. The predicted octanol–water partition coefficient (Wildman–Crippen LogP) is 4.12. The van der Waals surface area contributed by atoms with Crippen LogP contribution in [0.3, 0.4) is 0 Å². The molecule has 2 fully saturated rings. The first-order valence-electron chi connectivity index (χ1n) is 10.6. The van der Waals surface area contributed by atoms with Gasteiger partial charge < -0.3 is 15.5 Å². The van der Waals surface area contributed by atoms with Crippen molar-refractivity contribution in [1.29, 1.82) is 0 Å². The monoisotopic (exact) mass is 518 g/mol. The zero-order chi connectivity index (χ0) is 20.1. The Hall–Kier alpha value is -2.09. The Morgan fingerprint density at radius 1 is 1.03 bits per heavy atom. The molecule has 1 heterocycles. The minimum absolute atomic E-state index is 0. The first-order valence-corrected chi connectivity index (χ1v) is 10.6. The van der Waals surface area contributed by atoms with Crippen molar-refractivity contribution in [3.05, 3.63) is 65.7 Å². The molecular weight excluding hydrogens is 487 g/mol. The third-order valence-corrected chi connectivity index (χ3v) is 6.01. The van der Waals surface area contributed by atoms with E-state index in [1.54, 1.807) is 0 Å². The van der Waals surface area contributed by atoms with Gasteiger partial charge in [0, 0.05) is 38.8 Å². The summed E-state index contributed by atoms with van der Waals surface area (Å²) in [4.78, 5) is 18.1. The number of nitrogens with one attached hydrogen (secondary N) is 2. The maximum absolute atomic E-state index is 11.9. The highest BCUT2D eigenvalue weighted by Gasteiger charge is 2.42. The molecule has 0 radical (unpaired) electrons. The summed E-state index contributed by atoms with van der Waals surface area (Å²) in [5.41, 5.74) is 3.94. The third-order valence-electron chi connectivity index (χ3n) is 6.01. The Labute approximate surface area is 196 Å². The van der Waals surface area contributed by atoms with Crippen molar-refractivity contribution in [3.63, 3.8) is 0 Å². The van der Waals surface area contributed by atoms with E-state index in [4.69, 9.17) is 0 Å². The van der Waals surface area contributed by atoms with Gasteiger partial charge in [-0.15, -0.1) is 24.0 Å². The number of nitrogens with zero attached hydrogens (tertiary/aromatic N) is 2. The third kappa shape index (κ3) is 5.74. The Morgan fingerprint density at radius 3 is 2.37 bits per heavy atom. The van der Waals surface area contributed by atoms with E-state index in [0.29, 0.717) is 18.4 Å². The smallest absolute Gasteiger partial charge is 0.227 e. The number of rotatable bonds is 7. The van der Waals surface area contributed by atoms with Crippen LogP contribution in [-0.2, 0) is 17.8 Å². The molecular formula is C24H31IN4O. The highest BCUT2D eigenvalue weighted by Crippen LogP contribution is 2.47. The van der Waals surface area contributed by atoms with Gasteiger partial charge in [-0.1, -0.05) is 42.5 Å². The highest BCUT2D eigenvalue weighted by molar-refractivity contribution is 14.0. The topological polar surface area (TPSA) is 56.7 Å². The van der Waals surface area contributed by atoms with Crippen LogP contribution in [0.5, 0.6) is 0 Å². The minimum atomic E-state index is 0. The zero-order valence-electron chi connectivity index (χ0n) is 17.6. The van der Waals surface area contributed by atoms with E-state index in [9.17, 15) is 4.79 Å². The van der Waals surface area contributed by atoms with E-state index in [1.807, 2.05) is 24.1 Å². The fraction of sp³-hybridized carbons (Fsp3) is 0.417. The SMILES string of the molecule is CN=C(NCc1ccc(N2CCCC2=O)cc1)NCC1(Cc2ccccc2)CC1.I. The summed E-state index contributed by atoms with van der Waals surface area (Å²) in [6, 6.07) is 19.0. The van der Waals surface area contributed by atoms with E-state index < -0.39 is 0 Å². The van der Waals surface area contributed by atoms with Crippen LogP contribution in [0.1, 0.15) is 36.8 Å². The second-order valence-electron chi connectivity index (χ2n) is 8.26. The molecule has 5 nitrogen and oxygen atoms in total. The molecule has 6 heteroatoms. The Balaban J connectivity index is 0.00000256.